The van der Waals surface area contributed by atoms with Crippen LogP contribution in [-0.2, 0) is 14.3 Å². The molecule has 0 bridgehead atoms. The van der Waals surface area contributed by atoms with E-state index in [1.165, 1.54) is 0 Å². The standard InChI is InChI=1S/C21H18N2O3/c1-14-5-2-3-6-16(14)13-18-21(25)26-20(22-18)15-8-10-17(11-9-15)23-12-4-7-19(23)24/h2-3,5-6,8-11,13H,4,7,12H2,1H3. The van der Waals surface area contributed by atoms with E-state index in [0.717, 1.165) is 29.8 Å². The molecule has 2 aliphatic rings. The molecule has 0 unspecified atom stereocenters. The monoisotopic (exact) mass is 346 g/mol. The van der Waals surface area contributed by atoms with Crippen molar-refractivity contribution < 1.29 is 14.3 Å². The lowest BCUT2D eigenvalue weighted by Crippen LogP contribution is -2.23. The summed E-state index contributed by atoms with van der Waals surface area (Å²) in [5.74, 6) is -0.0259. The number of nitrogens with zero attached hydrogens (tertiary/aromatic N) is 2. The van der Waals surface area contributed by atoms with E-state index < -0.39 is 5.97 Å². The molecule has 0 N–H and O–H groups in total. The Bertz CT molecular complexity index is 942. The fourth-order valence-corrected chi connectivity index (χ4v) is 3.13. The molecule has 5 heteroatoms. The number of cyclic esters (lactones) is 1. The number of carbonyl (C=O) groups excluding carboxylic acids is 2. The van der Waals surface area contributed by atoms with Crippen molar-refractivity contribution in [3.63, 3.8) is 0 Å². The van der Waals surface area contributed by atoms with E-state index in [1.807, 2.05) is 55.5 Å². The quantitative estimate of drug-likeness (QED) is 0.632. The van der Waals surface area contributed by atoms with Gasteiger partial charge < -0.3 is 9.64 Å². The lowest BCUT2D eigenvalue weighted by molar-refractivity contribution is -0.130. The number of hydrogen-bond acceptors (Lipinski definition) is 4. The van der Waals surface area contributed by atoms with Crippen LogP contribution in [0.15, 0.2) is 59.2 Å². The second-order valence-electron chi connectivity index (χ2n) is 6.39. The second-order valence-corrected chi connectivity index (χ2v) is 6.39. The van der Waals surface area contributed by atoms with Gasteiger partial charge in [-0.05, 0) is 54.8 Å². The molecule has 0 atom stereocenters. The van der Waals surface area contributed by atoms with Crippen LogP contribution in [-0.4, -0.2) is 24.3 Å². The number of ether oxygens (including phenoxy) is 1. The average Bonchev–Trinajstić information content (AvgIpc) is 3.23. The summed E-state index contributed by atoms with van der Waals surface area (Å²) in [4.78, 5) is 30.1. The zero-order valence-electron chi connectivity index (χ0n) is 14.4. The Morgan fingerprint density at radius 2 is 1.85 bits per heavy atom. The molecule has 2 aromatic carbocycles. The lowest BCUT2D eigenvalue weighted by Gasteiger charge is -2.15. The van der Waals surface area contributed by atoms with Crippen LogP contribution >= 0.6 is 0 Å². The third-order valence-electron chi connectivity index (χ3n) is 4.60. The molecule has 2 aromatic rings. The number of aryl methyl sites for hydroxylation is 1. The number of amides is 1. The fourth-order valence-electron chi connectivity index (χ4n) is 3.13. The molecule has 130 valence electrons. The van der Waals surface area contributed by atoms with Crippen LogP contribution in [0.25, 0.3) is 6.08 Å². The molecule has 4 rings (SSSR count). The van der Waals surface area contributed by atoms with Gasteiger partial charge in [0.05, 0.1) is 0 Å². The number of benzene rings is 2. The van der Waals surface area contributed by atoms with Gasteiger partial charge in [0.1, 0.15) is 0 Å². The zero-order chi connectivity index (χ0) is 18.1. The first-order chi connectivity index (χ1) is 12.6. The Balaban J connectivity index is 1.59. The average molecular weight is 346 g/mol. The van der Waals surface area contributed by atoms with Gasteiger partial charge in [-0.25, -0.2) is 9.79 Å². The molecule has 1 fully saturated rings. The minimum atomic E-state index is -0.456. The van der Waals surface area contributed by atoms with E-state index >= 15 is 0 Å². The highest BCUT2D eigenvalue weighted by Crippen LogP contribution is 2.24. The van der Waals surface area contributed by atoms with Gasteiger partial charge in [-0.2, -0.15) is 0 Å². The van der Waals surface area contributed by atoms with Crippen molar-refractivity contribution in [3.05, 3.63) is 70.9 Å². The predicted molar refractivity (Wildman–Crippen MR) is 99.8 cm³/mol. The van der Waals surface area contributed by atoms with Gasteiger partial charge >= 0.3 is 5.97 Å². The fraction of sp³-hybridized carbons (Fsp3) is 0.190. The van der Waals surface area contributed by atoms with Crippen molar-refractivity contribution in [2.24, 2.45) is 4.99 Å². The molecule has 0 spiro atoms. The normalized spacial score (nSPS) is 18.4. The highest BCUT2D eigenvalue weighted by molar-refractivity contribution is 6.13. The predicted octanol–water partition coefficient (Wildman–Crippen LogP) is 3.47. The number of carbonyl (C=O) groups is 2. The van der Waals surface area contributed by atoms with Gasteiger partial charge in [0.25, 0.3) is 0 Å². The van der Waals surface area contributed by atoms with Crippen molar-refractivity contribution in [1.82, 2.24) is 0 Å². The maximum Gasteiger partial charge on any atom is 0.363 e. The molecular formula is C21H18N2O3. The molecule has 2 heterocycles. The van der Waals surface area contributed by atoms with Crippen molar-refractivity contribution >= 4 is 29.5 Å². The van der Waals surface area contributed by atoms with E-state index in [0.29, 0.717) is 12.0 Å². The molecule has 2 aliphatic heterocycles. The van der Waals surface area contributed by atoms with Crippen LogP contribution in [0.5, 0.6) is 0 Å². The number of aliphatic imine (C=N–C) groups is 1. The first-order valence-corrected chi connectivity index (χ1v) is 8.61. The maximum atomic E-state index is 12.1. The molecule has 0 saturated carbocycles. The van der Waals surface area contributed by atoms with Gasteiger partial charge in [-0.3, -0.25) is 4.79 Å². The van der Waals surface area contributed by atoms with Gasteiger partial charge in [-0.1, -0.05) is 24.3 Å². The number of anilines is 1. The largest absolute Gasteiger partial charge is 0.402 e. The van der Waals surface area contributed by atoms with Crippen LogP contribution in [0.2, 0.25) is 0 Å². The molecule has 5 nitrogen and oxygen atoms in total. The molecule has 1 saturated heterocycles. The van der Waals surface area contributed by atoms with E-state index in [-0.39, 0.29) is 17.5 Å². The SMILES string of the molecule is Cc1ccccc1C=C1N=C(c2ccc(N3CCCC3=O)cc2)OC1=O. The second kappa shape index (κ2) is 6.59. The Hall–Kier alpha value is -3.21. The van der Waals surface area contributed by atoms with Crippen molar-refractivity contribution in [1.29, 1.82) is 0 Å². The summed E-state index contributed by atoms with van der Waals surface area (Å²) in [5, 5.41) is 0. The van der Waals surface area contributed by atoms with Crippen molar-refractivity contribution in [2.75, 3.05) is 11.4 Å². The third-order valence-corrected chi connectivity index (χ3v) is 4.60. The summed E-state index contributed by atoms with van der Waals surface area (Å²) in [6.07, 6.45) is 3.22. The van der Waals surface area contributed by atoms with Gasteiger partial charge in [0.2, 0.25) is 11.8 Å². The summed E-state index contributed by atoms with van der Waals surface area (Å²) < 4.78 is 5.32. The molecule has 0 aromatic heterocycles. The molecule has 1 amide bonds. The molecule has 26 heavy (non-hydrogen) atoms. The van der Waals surface area contributed by atoms with E-state index in [4.69, 9.17) is 4.74 Å². The highest BCUT2D eigenvalue weighted by atomic mass is 16.6. The first-order valence-electron chi connectivity index (χ1n) is 8.61. The van der Waals surface area contributed by atoms with E-state index in [1.54, 1.807) is 11.0 Å². The summed E-state index contributed by atoms with van der Waals surface area (Å²) in [6, 6.07) is 15.2. The summed E-state index contributed by atoms with van der Waals surface area (Å²) in [5.41, 5.74) is 3.86. The van der Waals surface area contributed by atoms with Crippen LogP contribution in [0.4, 0.5) is 5.69 Å². The van der Waals surface area contributed by atoms with Crippen LogP contribution in [0, 0.1) is 6.92 Å². The van der Waals surface area contributed by atoms with Crippen LogP contribution < -0.4 is 4.90 Å². The summed E-state index contributed by atoms with van der Waals surface area (Å²) >= 11 is 0. The summed E-state index contributed by atoms with van der Waals surface area (Å²) in [7, 11) is 0. The Morgan fingerprint density at radius 1 is 1.08 bits per heavy atom. The van der Waals surface area contributed by atoms with E-state index in [9.17, 15) is 9.59 Å². The maximum absolute atomic E-state index is 12.1. The van der Waals surface area contributed by atoms with Crippen molar-refractivity contribution in [3.8, 4) is 0 Å². The zero-order valence-corrected chi connectivity index (χ0v) is 14.4. The minimum Gasteiger partial charge on any atom is -0.402 e. The first kappa shape index (κ1) is 16.3. The number of hydrogen-bond donors (Lipinski definition) is 0. The van der Waals surface area contributed by atoms with Gasteiger partial charge in [-0.15, -0.1) is 0 Å². The van der Waals surface area contributed by atoms with Crippen LogP contribution in [0.1, 0.15) is 29.5 Å². The number of rotatable bonds is 3. The highest BCUT2D eigenvalue weighted by Gasteiger charge is 2.25. The molecule has 0 radical (unpaired) electrons. The molecule has 0 aliphatic carbocycles. The Kier molecular flexibility index (Phi) is 4.13. The van der Waals surface area contributed by atoms with Gasteiger partial charge in [0.15, 0.2) is 5.70 Å². The third kappa shape index (κ3) is 3.04. The van der Waals surface area contributed by atoms with Gasteiger partial charge in [0, 0.05) is 24.2 Å². The Morgan fingerprint density at radius 3 is 2.54 bits per heavy atom. The minimum absolute atomic E-state index is 0.144. The number of esters is 1. The smallest absolute Gasteiger partial charge is 0.363 e. The summed E-state index contributed by atoms with van der Waals surface area (Å²) in [6.45, 7) is 2.73. The van der Waals surface area contributed by atoms with E-state index in [2.05, 4.69) is 4.99 Å². The lowest BCUT2D eigenvalue weighted by atomic mass is 10.1. The Labute approximate surface area is 151 Å². The van der Waals surface area contributed by atoms with Crippen LogP contribution in [0.3, 0.4) is 0 Å². The molecular weight excluding hydrogens is 328 g/mol. The topological polar surface area (TPSA) is 59.0 Å². The van der Waals surface area contributed by atoms with Crippen molar-refractivity contribution in [2.45, 2.75) is 19.8 Å².